The van der Waals surface area contributed by atoms with Crippen LogP contribution in [-0.4, -0.2) is 22.1 Å². The van der Waals surface area contributed by atoms with Crippen LogP contribution >= 0.6 is 0 Å². The van der Waals surface area contributed by atoms with Gasteiger partial charge in [0.2, 0.25) is 17.6 Å². The highest BCUT2D eigenvalue weighted by Crippen LogP contribution is 2.32. The Bertz CT molecular complexity index is 953. The standard InChI is InChI=1S/C20H18FN3O2/c1-13-11-14-5-2-3-8-17(14)24(13)19(25)10-9-18-22-20(23-26-18)15-6-4-7-16(21)12-15/h2-8,12-13H,9-11H2,1H3. The fourth-order valence-corrected chi connectivity index (χ4v) is 3.38. The molecule has 1 aromatic heterocycles. The Kier molecular flexibility index (Phi) is 4.24. The molecule has 1 amide bonds. The zero-order valence-electron chi connectivity index (χ0n) is 14.4. The van der Waals surface area contributed by atoms with Crippen LogP contribution in [0.15, 0.2) is 53.1 Å². The molecule has 0 aliphatic carbocycles. The number of carbonyl (C=O) groups excluding carboxylic acids is 1. The van der Waals surface area contributed by atoms with Gasteiger partial charge in [0.05, 0.1) is 0 Å². The lowest BCUT2D eigenvalue weighted by atomic mass is 10.1. The number of fused-ring (bicyclic) bond motifs is 1. The molecule has 2 heterocycles. The highest BCUT2D eigenvalue weighted by molar-refractivity contribution is 5.96. The molecule has 1 aliphatic rings. The second-order valence-electron chi connectivity index (χ2n) is 6.47. The molecule has 0 spiro atoms. The summed E-state index contributed by atoms with van der Waals surface area (Å²) in [5.41, 5.74) is 2.73. The van der Waals surface area contributed by atoms with Crippen LogP contribution in [0, 0.1) is 5.82 Å². The van der Waals surface area contributed by atoms with Crippen LogP contribution in [0.4, 0.5) is 10.1 Å². The molecule has 0 bridgehead atoms. The Morgan fingerprint density at radius 1 is 1.27 bits per heavy atom. The van der Waals surface area contributed by atoms with E-state index in [1.54, 1.807) is 12.1 Å². The first kappa shape index (κ1) is 16.4. The van der Waals surface area contributed by atoms with Crippen molar-refractivity contribution < 1.29 is 13.7 Å². The van der Waals surface area contributed by atoms with E-state index < -0.39 is 0 Å². The first-order valence-electron chi connectivity index (χ1n) is 8.60. The van der Waals surface area contributed by atoms with Crippen molar-refractivity contribution in [2.75, 3.05) is 4.90 Å². The summed E-state index contributed by atoms with van der Waals surface area (Å²) in [6.45, 7) is 2.05. The maximum atomic E-state index is 13.3. The Morgan fingerprint density at radius 2 is 2.12 bits per heavy atom. The Morgan fingerprint density at radius 3 is 2.96 bits per heavy atom. The first-order valence-corrected chi connectivity index (χ1v) is 8.60. The average molecular weight is 351 g/mol. The molecule has 0 fully saturated rings. The van der Waals surface area contributed by atoms with Crippen molar-refractivity contribution in [3.05, 3.63) is 65.8 Å². The maximum absolute atomic E-state index is 13.3. The van der Waals surface area contributed by atoms with Crippen LogP contribution < -0.4 is 4.90 Å². The molecule has 132 valence electrons. The van der Waals surface area contributed by atoms with Gasteiger partial charge in [-0.1, -0.05) is 35.5 Å². The topological polar surface area (TPSA) is 59.2 Å². The van der Waals surface area contributed by atoms with Crippen molar-refractivity contribution in [1.82, 2.24) is 10.1 Å². The molecule has 0 saturated heterocycles. The molecule has 2 aromatic carbocycles. The van der Waals surface area contributed by atoms with Gasteiger partial charge in [0.15, 0.2) is 0 Å². The number of aryl methyl sites for hydroxylation is 1. The summed E-state index contributed by atoms with van der Waals surface area (Å²) < 4.78 is 18.5. The second kappa shape index (κ2) is 6.71. The third-order valence-corrected chi connectivity index (χ3v) is 4.58. The highest BCUT2D eigenvalue weighted by atomic mass is 19.1. The third-order valence-electron chi connectivity index (χ3n) is 4.58. The molecule has 0 radical (unpaired) electrons. The number of amides is 1. The van der Waals surface area contributed by atoms with E-state index in [2.05, 4.69) is 16.2 Å². The van der Waals surface area contributed by atoms with E-state index in [1.807, 2.05) is 30.0 Å². The zero-order valence-corrected chi connectivity index (χ0v) is 14.4. The maximum Gasteiger partial charge on any atom is 0.227 e. The van der Waals surface area contributed by atoms with E-state index in [1.165, 1.54) is 17.7 Å². The number of rotatable bonds is 4. The van der Waals surface area contributed by atoms with Crippen LogP contribution in [0.2, 0.25) is 0 Å². The van der Waals surface area contributed by atoms with E-state index in [-0.39, 0.29) is 24.2 Å². The molecule has 6 heteroatoms. The average Bonchev–Trinajstić information content (AvgIpc) is 3.23. The summed E-state index contributed by atoms with van der Waals surface area (Å²) in [5.74, 6) is 0.378. The minimum Gasteiger partial charge on any atom is -0.339 e. The van der Waals surface area contributed by atoms with Gasteiger partial charge in [-0.3, -0.25) is 4.79 Å². The van der Waals surface area contributed by atoms with Gasteiger partial charge in [-0.25, -0.2) is 4.39 Å². The fraction of sp³-hybridized carbons (Fsp3) is 0.250. The number of hydrogen-bond acceptors (Lipinski definition) is 4. The molecule has 4 rings (SSSR count). The molecule has 3 aromatic rings. The lowest BCUT2D eigenvalue weighted by molar-refractivity contribution is -0.118. The van der Waals surface area contributed by atoms with Crippen LogP contribution in [0.3, 0.4) is 0 Å². The molecule has 1 unspecified atom stereocenters. The van der Waals surface area contributed by atoms with Gasteiger partial charge in [0, 0.05) is 30.1 Å². The van der Waals surface area contributed by atoms with Gasteiger partial charge in [-0.05, 0) is 37.1 Å². The van der Waals surface area contributed by atoms with Crippen molar-refractivity contribution in [3.63, 3.8) is 0 Å². The predicted molar refractivity (Wildman–Crippen MR) is 95.1 cm³/mol. The minimum atomic E-state index is -0.356. The van der Waals surface area contributed by atoms with Crippen molar-refractivity contribution in [2.45, 2.75) is 32.2 Å². The zero-order chi connectivity index (χ0) is 18.1. The summed E-state index contributed by atoms with van der Waals surface area (Å²) in [6.07, 6.45) is 1.50. The number of hydrogen-bond donors (Lipinski definition) is 0. The monoisotopic (exact) mass is 351 g/mol. The Hall–Kier alpha value is -3.02. The molecular formula is C20H18FN3O2. The minimum absolute atomic E-state index is 0.0351. The molecule has 1 aliphatic heterocycles. The number of para-hydroxylation sites is 1. The van der Waals surface area contributed by atoms with E-state index in [0.29, 0.717) is 23.7 Å². The van der Waals surface area contributed by atoms with Gasteiger partial charge in [-0.15, -0.1) is 0 Å². The molecule has 26 heavy (non-hydrogen) atoms. The number of anilines is 1. The van der Waals surface area contributed by atoms with Crippen molar-refractivity contribution in [2.24, 2.45) is 0 Å². The predicted octanol–water partition coefficient (Wildman–Crippen LogP) is 3.79. The molecular weight excluding hydrogens is 333 g/mol. The Labute approximate surface area is 150 Å². The summed E-state index contributed by atoms with van der Waals surface area (Å²) in [4.78, 5) is 18.8. The van der Waals surface area contributed by atoms with Crippen LogP contribution in [0.1, 0.15) is 24.8 Å². The summed E-state index contributed by atoms with van der Waals surface area (Å²) in [7, 11) is 0. The number of aromatic nitrogens is 2. The van der Waals surface area contributed by atoms with Gasteiger partial charge in [0.1, 0.15) is 5.82 Å². The van der Waals surface area contributed by atoms with Crippen molar-refractivity contribution in [3.8, 4) is 11.4 Å². The van der Waals surface area contributed by atoms with Crippen molar-refractivity contribution >= 4 is 11.6 Å². The number of carbonyl (C=O) groups is 1. The Balaban J connectivity index is 1.44. The van der Waals surface area contributed by atoms with E-state index in [9.17, 15) is 9.18 Å². The smallest absolute Gasteiger partial charge is 0.227 e. The summed E-state index contributed by atoms with van der Waals surface area (Å²) in [5, 5.41) is 3.88. The van der Waals surface area contributed by atoms with E-state index in [0.717, 1.165) is 12.1 Å². The molecule has 5 nitrogen and oxygen atoms in total. The summed E-state index contributed by atoms with van der Waals surface area (Å²) in [6, 6.07) is 14.1. The lowest BCUT2D eigenvalue weighted by Gasteiger charge is -2.22. The van der Waals surface area contributed by atoms with Crippen molar-refractivity contribution in [1.29, 1.82) is 0 Å². The number of benzene rings is 2. The number of nitrogens with zero attached hydrogens (tertiary/aromatic N) is 3. The SMILES string of the molecule is CC1Cc2ccccc2N1C(=O)CCc1nc(-c2cccc(F)c2)no1. The second-order valence-corrected chi connectivity index (χ2v) is 6.47. The molecule has 0 saturated carbocycles. The first-order chi connectivity index (χ1) is 12.6. The molecule has 0 N–H and O–H groups in total. The fourth-order valence-electron chi connectivity index (χ4n) is 3.38. The van der Waals surface area contributed by atoms with Crippen LogP contribution in [0.25, 0.3) is 11.4 Å². The normalized spacial score (nSPS) is 15.9. The summed E-state index contributed by atoms with van der Waals surface area (Å²) >= 11 is 0. The largest absolute Gasteiger partial charge is 0.339 e. The quantitative estimate of drug-likeness (QED) is 0.718. The molecule has 1 atom stereocenters. The van der Waals surface area contributed by atoms with Gasteiger partial charge < -0.3 is 9.42 Å². The highest BCUT2D eigenvalue weighted by Gasteiger charge is 2.30. The van der Waals surface area contributed by atoms with Gasteiger partial charge >= 0.3 is 0 Å². The third kappa shape index (κ3) is 3.10. The van der Waals surface area contributed by atoms with Gasteiger partial charge in [-0.2, -0.15) is 4.98 Å². The van der Waals surface area contributed by atoms with E-state index in [4.69, 9.17) is 4.52 Å². The van der Waals surface area contributed by atoms with Gasteiger partial charge in [0.25, 0.3) is 0 Å². The lowest BCUT2D eigenvalue weighted by Crippen LogP contribution is -2.35. The van der Waals surface area contributed by atoms with E-state index >= 15 is 0 Å². The van der Waals surface area contributed by atoms with Crippen LogP contribution in [-0.2, 0) is 17.6 Å². The number of halogens is 1. The van der Waals surface area contributed by atoms with Crippen LogP contribution in [0.5, 0.6) is 0 Å².